The van der Waals surface area contributed by atoms with E-state index in [9.17, 15) is 5.11 Å². The lowest BCUT2D eigenvalue weighted by molar-refractivity contribution is 0.165. The van der Waals surface area contributed by atoms with E-state index in [1.165, 1.54) is 0 Å². The number of hydrogen-bond acceptors (Lipinski definition) is 3. The molecular weight excluding hydrogens is 250 g/mol. The van der Waals surface area contributed by atoms with Crippen LogP contribution in [0.5, 0.6) is 0 Å². The average Bonchev–Trinajstić information content (AvgIpc) is 2.90. The highest BCUT2D eigenvalue weighted by Gasteiger charge is 2.13. The van der Waals surface area contributed by atoms with Gasteiger partial charge in [-0.05, 0) is 29.9 Å². The van der Waals surface area contributed by atoms with Crippen molar-refractivity contribution < 1.29 is 5.11 Å². The van der Waals surface area contributed by atoms with Crippen LogP contribution in [-0.2, 0) is 13.5 Å². The number of hydrogen-bond donors (Lipinski definition) is 1. The molecule has 1 atom stereocenters. The molecule has 0 saturated carbocycles. The third-order valence-corrected chi connectivity index (χ3v) is 3.48. The predicted octanol–water partition coefficient (Wildman–Crippen LogP) is 2.63. The molecule has 4 nitrogen and oxygen atoms in total. The molecule has 0 spiro atoms. The maximum absolute atomic E-state index is 10.4. The zero-order chi connectivity index (χ0) is 13.9. The third-order valence-electron chi connectivity index (χ3n) is 3.48. The van der Waals surface area contributed by atoms with Gasteiger partial charge in [0.1, 0.15) is 0 Å². The second kappa shape index (κ2) is 5.43. The molecule has 102 valence electrons. The van der Waals surface area contributed by atoms with Crippen LogP contribution < -0.4 is 0 Å². The molecule has 3 aromatic rings. The Kier molecular flexibility index (Phi) is 3.48. The number of aliphatic hydroxyl groups is 1. The van der Waals surface area contributed by atoms with Crippen molar-refractivity contribution >= 4 is 10.8 Å². The molecule has 3 rings (SSSR count). The second-order valence-electron chi connectivity index (χ2n) is 4.99. The van der Waals surface area contributed by atoms with Gasteiger partial charge in [-0.15, -0.1) is 0 Å². The fourth-order valence-electron chi connectivity index (χ4n) is 2.45. The molecule has 0 fully saturated rings. The number of fused-ring (bicyclic) bond motifs is 1. The summed E-state index contributed by atoms with van der Waals surface area (Å²) < 4.78 is 1.78. The largest absolute Gasteiger partial charge is 0.387 e. The maximum Gasteiger partial charge on any atom is 0.0969 e. The van der Waals surface area contributed by atoms with Crippen molar-refractivity contribution in [1.29, 1.82) is 0 Å². The van der Waals surface area contributed by atoms with Gasteiger partial charge in [0.05, 0.1) is 18.0 Å². The molecule has 0 aliphatic carbocycles. The Bertz CT molecular complexity index is 715. The Morgan fingerprint density at radius 2 is 2.10 bits per heavy atom. The number of rotatable bonds is 4. The Labute approximate surface area is 117 Å². The first kappa shape index (κ1) is 12.8. The van der Waals surface area contributed by atoms with Gasteiger partial charge in [0.2, 0.25) is 0 Å². The number of aliphatic hydroxyl groups excluding tert-OH is 1. The fourth-order valence-corrected chi connectivity index (χ4v) is 2.45. The van der Waals surface area contributed by atoms with E-state index in [0.717, 1.165) is 28.5 Å². The summed E-state index contributed by atoms with van der Waals surface area (Å²) in [5, 5.41) is 16.7. The highest BCUT2D eigenvalue weighted by molar-refractivity contribution is 5.84. The smallest absolute Gasteiger partial charge is 0.0969 e. The summed E-state index contributed by atoms with van der Waals surface area (Å²) in [6.45, 7) is 0. The number of nitrogens with zero attached hydrogens (tertiary/aromatic N) is 3. The number of benzene rings is 1. The SMILES string of the molecule is Cn1cc(CCC(O)c2nccc3ccccc23)cn1. The Balaban J connectivity index is 1.80. The van der Waals surface area contributed by atoms with Crippen molar-refractivity contribution in [3.05, 3.63) is 60.2 Å². The van der Waals surface area contributed by atoms with E-state index < -0.39 is 6.10 Å². The third kappa shape index (κ3) is 2.56. The minimum Gasteiger partial charge on any atom is -0.387 e. The van der Waals surface area contributed by atoms with Crippen LogP contribution in [0, 0.1) is 0 Å². The van der Waals surface area contributed by atoms with Gasteiger partial charge in [-0.3, -0.25) is 9.67 Å². The van der Waals surface area contributed by atoms with Gasteiger partial charge in [-0.1, -0.05) is 24.3 Å². The van der Waals surface area contributed by atoms with Crippen molar-refractivity contribution in [3.8, 4) is 0 Å². The normalized spacial score (nSPS) is 12.7. The second-order valence-corrected chi connectivity index (χ2v) is 4.99. The van der Waals surface area contributed by atoms with Gasteiger partial charge in [-0.2, -0.15) is 5.10 Å². The predicted molar refractivity (Wildman–Crippen MR) is 78.2 cm³/mol. The standard InChI is InChI=1S/C16H17N3O/c1-19-11-12(10-18-19)6-7-15(20)16-14-5-3-2-4-13(14)8-9-17-16/h2-5,8-11,15,20H,6-7H2,1H3. The Hall–Kier alpha value is -2.20. The van der Waals surface area contributed by atoms with Crippen LogP contribution in [0.25, 0.3) is 10.8 Å². The first-order chi connectivity index (χ1) is 9.74. The topological polar surface area (TPSA) is 50.9 Å². The minimum atomic E-state index is -0.554. The Morgan fingerprint density at radius 1 is 1.25 bits per heavy atom. The van der Waals surface area contributed by atoms with Gasteiger partial charge < -0.3 is 5.11 Å². The van der Waals surface area contributed by atoms with Crippen LogP contribution in [0.3, 0.4) is 0 Å². The van der Waals surface area contributed by atoms with Crippen LogP contribution in [0.2, 0.25) is 0 Å². The van der Waals surface area contributed by atoms with E-state index in [1.54, 1.807) is 10.9 Å². The van der Waals surface area contributed by atoms with E-state index in [2.05, 4.69) is 10.1 Å². The van der Waals surface area contributed by atoms with Crippen LogP contribution in [0.1, 0.15) is 23.8 Å². The summed E-state index contributed by atoms with van der Waals surface area (Å²) in [6, 6.07) is 9.97. The molecule has 0 radical (unpaired) electrons. The summed E-state index contributed by atoms with van der Waals surface area (Å²) >= 11 is 0. The molecule has 0 bridgehead atoms. The van der Waals surface area contributed by atoms with Gasteiger partial charge in [-0.25, -0.2) is 0 Å². The van der Waals surface area contributed by atoms with Crippen molar-refractivity contribution in [2.75, 3.05) is 0 Å². The molecule has 1 N–H and O–H groups in total. The zero-order valence-corrected chi connectivity index (χ0v) is 11.4. The molecule has 2 aromatic heterocycles. The molecule has 2 heterocycles. The molecule has 0 saturated heterocycles. The number of pyridine rings is 1. The van der Waals surface area contributed by atoms with Gasteiger partial charge in [0.15, 0.2) is 0 Å². The number of aryl methyl sites for hydroxylation is 2. The van der Waals surface area contributed by atoms with E-state index in [0.29, 0.717) is 6.42 Å². The van der Waals surface area contributed by atoms with Crippen molar-refractivity contribution in [1.82, 2.24) is 14.8 Å². The fraction of sp³-hybridized carbons (Fsp3) is 0.250. The molecule has 1 aromatic carbocycles. The first-order valence-corrected chi connectivity index (χ1v) is 6.73. The summed E-state index contributed by atoms with van der Waals surface area (Å²) in [6.07, 6.45) is 6.45. The van der Waals surface area contributed by atoms with E-state index in [4.69, 9.17) is 0 Å². The molecule has 0 amide bonds. The monoisotopic (exact) mass is 267 g/mol. The van der Waals surface area contributed by atoms with Gasteiger partial charge in [0.25, 0.3) is 0 Å². The van der Waals surface area contributed by atoms with Crippen molar-refractivity contribution in [2.45, 2.75) is 18.9 Å². The minimum absolute atomic E-state index is 0.554. The maximum atomic E-state index is 10.4. The van der Waals surface area contributed by atoms with E-state index in [-0.39, 0.29) is 0 Å². The summed E-state index contributed by atoms with van der Waals surface area (Å²) in [7, 11) is 1.90. The molecule has 0 aliphatic rings. The lowest BCUT2D eigenvalue weighted by Crippen LogP contribution is -2.03. The van der Waals surface area contributed by atoms with Crippen LogP contribution >= 0.6 is 0 Å². The number of aromatic nitrogens is 3. The molecule has 0 aliphatic heterocycles. The Morgan fingerprint density at radius 3 is 2.90 bits per heavy atom. The van der Waals surface area contributed by atoms with Crippen molar-refractivity contribution in [3.63, 3.8) is 0 Å². The summed E-state index contributed by atoms with van der Waals surface area (Å²) in [4.78, 5) is 4.35. The highest BCUT2D eigenvalue weighted by Crippen LogP contribution is 2.24. The lowest BCUT2D eigenvalue weighted by atomic mass is 10.0. The van der Waals surface area contributed by atoms with Crippen LogP contribution in [0.15, 0.2) is 48.9 Å². The zero-order valence-electron chi connectivity index (χ0n) is 11.4. The van der Waals surface area contributed by atoms with E-state index in [1.807, 2.05) is 49.8 Å². The van der Waals surface area contributed by atoms with Crippen LogP contribution in [0.4, 0.5) is 0 Å². The lowest BCUT2D eigenvalue weighted by Gasteiger charge is -2.12. The summed E-state index contributed by atoms with van der Waals surface area (Å²) in [5.74, 6) is 0. The van der Waals surface area contributed by atoms with E-state index >= 15 is 0 Å². The quantitative estimate of drug-likeness (QED) is 0.790. The van der Waals surface area contributed by atoms with Crippen molar-refractivity contribution in [2.24, 2.45) is 7.05 Å². The van der Waals surface area contributed by atoms with Gasteiger partial charge >= 0.3 is 0 Å². The molecular formula is C16H17N3O. The molecule has 20 heavy (non-hydrogen) atoms. The first-order valence-electron chi connectivity index (χ1n) is 6.73. The van der Waals surface area contributed by atoms with Crippen LogP contribution in [-0.4, -0.2) is 19.9 Å². The highest BCUT2D eigenvalue weighted by atomic mass is 16.3. The molecule has 1 unspecified atom stereocenters. The average molecular weight is 267 g/mol. The molecule has 4 heteroatoms. The summed E-state index contributed by atoms with van der Waals surface area (Å²) in [5.41, 5.74) is 1.89. The van der Waals surface area contributed by atoms with Gasteiger partial charge in [0, 0.05) is 24.8 Å².